The van der Waals surface area contributed by atoms with Crippen LogP contribution < -0.4 is 15.2 Å². The molecule has 0 aliphatic rings. The second kappa shape index (κ2) is 6.95. The van der Waals surface area contributed by atoms with Crippen LogP contribution in [-0.2, 0) is 4.79 Å². The van der Waals surface area contributed by atoms with E-state index >= 15 is 0 Å². The molecule has 0 bridgehead atoms. The van der Waals surface area contributed by atoms with Crippen molar-refractivity contribution in [3.05, 3.63) is 48.0 Å². The maximum absolute atomic E-state index is 10.9. The minimum absolute atomic E-state index is 0.149. The number of carboxylic acids is 1. The molecule has 0 saturated carbocycles. The standard InChI is InChI=1S/C17H19NO4/c1-21-15-9-12(14(18)10-16(19)20)8-13(17(15)22-2)11-6-4-3-5-7-11/h3-9,14H,10,18H2,1-2H3,(H,19,20)/t14-/m0/s1. The Morgan fingerprint density at radius 2 is 1.86 bits per heavy atom. The number of nitrogens with two attached hydrogens (primary N) is 1. The minimum Gasteiger partial charge on any atom is -0.493 e. The summed E-state index contributed by atoms with van der Waals surface area (Å²) in [6.45, 7) is 0. The molecule has 0 spiro atoms. The van der Waals surface area contributed by atoms with Crippen LogP contribution in [0.4, 0.5) is 0 Å². The van der Waals surface area contributed by atoms with Gasteiger partial charge in [-0.15, -0.1) is 0 Å². The molecule has 0 aliphatic carbocycles. The van der Waals surface area contributed by atoms with Crippen molar-refractivity contribution in [2.45, 2.75) is 12.5 Å². The third-order valence-corrected chi connectivity index (χ3v) is 3.41. The molecule has 116 valence electrons. The number of hydrogen-bond donors (Lipinski definition) is 2. The summed E-state index contributed by atoms with van der Waals surface area (Å²) in [6.07, 6.45) is -0.149. The predicted molar refractivity (Wildman–Crippen MR) is 84.2 cm³/mol. The molecule has 0 radical (unpaired) electrons. The summed E-state index contributed by atoms with van der Waals surface area (Å²) in [5, 5.41) is 8.92. The van der Waals surface area contributed by atoms with E-state index in [9.17, 15) is 4.79 Å². The van der Waals surface area contributed by atoms with Crippen LogP contribution in [0.15, 0.2) is 42.5 Å². The van der Waals surface area contributed by atoms with Crippen molar-refractivity contribution in [3.8, 4) is 22.6 Å². The highest BCUT2D eigenvalue weighted by Crippen LogP contribution is 2.40. The van der Waals surface area contributed by atoms with E-state index in [2.05, 4.69) is 0 Å². The largest absolute Gasteiger partial charge is 0.493 e. The maximum atomic E-state index is 10.9. The van der Waals surface area contributed by atoms with Gasteiger partial charge in [0.05, 0.1) is 20.6 Å². The summed E-state index contributed by atoms with van der Waals surface area (Å²) >= 11 is 0. The summed E-state index contributed by atoms with van der Waals surface area (Å²) in [5.41, 5.74) is 8.44. The topological polar surface area (TPSA) is 81.8 Å². The van der Waals surface area contributed by atoms with Crippen LogP contribution >= 0.6 is 0 Å². The predicted octanol–water partition coefficient (Wildman–Crippen LogP) is 2.85. The second-order valence-electron chi connectivity index (χ2n) is 4.87. The first kappa shape index (κ1) is 15.9. The van der Waals surface area contributed by atoms with Gasteiger partial charge in [-0.3, -0.25) is 4.79 Å². The monoisotopic (exact) mass is 301 g/mol. The zero-order chi connectivity index (χ0) is 16.1. The summed E-state index contributed by atoms with van der Waals surface area (Å²) < 4.78 is 10.8. The SMILES string of the molecule is COc1cc([C@@H](N)CC(=O)O)cc(-c2ccccc2)c1OC. The van der Waals surface area contributed by atoms with Gasteiger partial charge in [0, 0.05) is 11.6 Å². The summed E-state index contributed by atoms with van der Waals surface area (Å²) in [7, 11) is 3.11. The number of benzene rings is 2. The van der Waals surface area contributed by atoms with Crippen molar-refractivity contribution in [2.75, 3.05) is 14.2 Å². The van der Waals surface area contributed by atoms with E-state index in [1.165, 1.54) is 0 Å². The second-order valence-corrected chi connectivity index (χ2v) is 4.87. The lowest BCUT2D eigenvalue weighted by atomic mass is 9.96. The molecule has 0 amide bonds. The van der Waals surface area contributed by atoms with Gasteiger partial charge in [-0.2, -0.15) is 0 Å². The van der Waals surface area contributed by atoms with Gasteiger partial charge in [0.1, 0.15) is 0 Å². The average molecular weight is 301 g/mol. The Kier molecular flexibility index (Phi) is 5.01. The molecular formula is C17H19NO4. The van der Waals surface area contributed by atoms with E-state index in [1.807, 2.05) is 36.4 Å². The smallest absolute Gasteiger partial charge is 0.305 e. The Balaban J connectivity index is 2.57. The number of aliphatic carboxylic acids is 1. The molecule has 22 heavy (non-hydrogen) atoms. The van der Waals surface area contributed by atoms with Crippen molar-refractivity contribution in [1.29, 1.82) is 0 Å². The molecule has 0 fully saturated rings. The zero-order valence-corrected chi connectivity index (χ0v) is 12.6. The number of ether oxygens (including phenoxy) is 2. The molecule has 3 N–H and O–H groups in total. The molecule has 5 heteroatoms. The lowest BCUT2D eigenvalue weighted by Gasteiger charge is -2.18. The highest BCUT2D eigenvalue weighted by molar-refractivity contribution is 5.75. The Labute approximate surface area is 129 Å². The molecule has 0 heterocycles. The minimum atomic E-state index is -0.941. The number of carbonyl (C=O) groups is 1. The summed E-state index contributed by atoms with van der Waals surface area (Å²) in [5.74, 6) is 0.184. The van der Waals surface area contributed by atoms with E-state index in [1.54, 1.807) is 20.3 Å². The Hall–Kier alpha value is -2.53. The first-order chi connectivity index (χ1) is 10.6. The maximum Gasteiger partial charge on any atom is 0.305 e. The zero-order valence-electron chi connectivity index (χ0n) is 12.6. The van der Waals surface area contributed by atoms with Gasteiger partial charge in [0.2, 0.25) is 0 Å². The van der Waals surface area contributed by atoms with Crippen LogP contribution in [0.1, 0.15) is 18.0 Å². The molecule has 5 nitrogen and oxygen atoms in total. The molecule has 2 rings (SSSR count). The summed E-state index contributed by atoms with van der Waals surface area (Å²) in [6, 6.07) is 12.6. The fourth-order valence-electron chi connectivity index (χ4n) is 2.34. The Bertz CT molecular complexity index is 655. The highest BCUT2D eigenvalue weighted by atomic mass is 16.5. The van der Waals surface area contributed by atoms with Crippen molar-refractivity contribution in [2.24, 2.45) is 5.73 Å². The lowest BCUT2D eigenvalue weighted by Crippen LogP contribution is -2.15. The van der Waals surface area contributed by atoms with Crippen molar-refractivity contribution in [3.63, 3.8) is 0 Å². The van der Waals surface area contributed by atoms with Crippen LogP contribution in [-0.4, -0.2) is 25.3 Å². The molecule has 2 aromatic rings. The van der Waals surface area contributed by atoms with E-state index in [-0.39, 0.29) is 6.42 Å². The van der Waals surface area contributed by atoms with Gasteiger partial charge in [-0.1, -0.05) is 30.3 Å². The van der Waals surface area contributed by atoms with Crippen LogP contribution in [0.2, 0.25) is 0 Å². The number of hydrogen-bond acceptors (Lipinski definition) is 4. The quantitative estimate of drug-likeness (QED) is 0.857. The van der Waals surface area contributed by atoms with Crippen molar-refractivity contribution >= 4 is 5.97 Å². The van der Waals surface area contributed by atoms with Crippen LogP contribution in [0, 0.1) is 0 Å². The normalized spacial score (nSPS) is 11.8. The highest BCUT2D eigenvalue weighted by Gasteiger charge is 2.18. The van der Waals surface area contributed by atoms with Crippen molar-refractivity contribution in [1.82, 2.24) is 0 Å². The molecule has 0 aliphatic heterocycles. The lowest BCUT2D eigenvalue weighted by molar-refractivity contribution is -0.137. The van der Waals surface area contributed by atoms with Gasteiger partial charge in [0.25, 0.3) is 0 Å². The van der Waals surface area contributed by atoms with Gasteiger partial charge in [0.15, 0.2) is 11.5 Å². The van der Waals surface area contributed by atoms with Crippen LogP contribution in [0.25, 0.3) is 11.1 Å². The third kappa shape index (κ3) is 3.38. The number of rotatable bonds is 6. The van der Waals surface area contributed by atoms with Gasteiger partial charge in [-0.05, 0) is 23.3 Å². The van der Waals surface area contributed by atoms with E-state index in [4.69, 9.17) is 20.3 Å². The number of methoxy groups -OCH3 is 2. The van der Waals surface area contributed by atoms with E-state index < -0.39 is 12.0 Å². The molecular weight excluding hydrogens is 282 g/mol. The number of carboxylic acid groups (broad SMARTS) is 1. The third-order valence-electron chi connectivity index (χ3n) is 3.41. The first-order valence-electron chi connectivity index (χ1n) is 6.85. The summed E-state index contributed by atoms with van der Waals surface area (Å²) in [4.78, 5) is 10.9. The molecule has 1 atom stereocenters. The van der Waals surface area contributed by atoms with Gasteiger partial charge >= 0.3 is 5.97 Å². The van der Waals surface area contributed by atoms with E-state index in [0.717, 1.165) is 11.1 Å². The fourth-order valence-corrected chi connectivity index (χ4v) is 2.34. The fraction of sp³-hybridized carbons (Fsp3) is 0.235. The molecule has 0 saturated heterocycles. The van der Waals surface area contributed by atoms with Crippen LogP contribution in [0.5, 0.6) is 11.5 Å². The Morgan fingerprint density at radius 1 is 1.18 bits per heavy atom. The Morgan fingerprint density at radius 3 is 2.41 bits per heavy atom. The van der Waals surface area contributed by atoms with Gasteiger partial charge < -0.3 is 20.3 Å². The van der Waals surface area contributed by atoms with Crippen LogP contribution in [0.3, 0.4) is 0 Å². The molecule has 2 aromatic carbocycles. The molecule has 0 aromatic heterocycles. The van der Waals surface area contributed by atoms with Crippen molar-refractivity contribution < 1.29 is 19.4 Å². The first-order valence-corrected chi connectivity index (χ1v) is 6.85. The molecule has 0 unspecified atom stereocenters. The van der Waals surface area contributed by atoms with Gasteiger partial charge in [-0.25, -0.2) is 0 Å². The van der Waals surface area contributed by atoms with E-state index in [0.29, 0.717) is 17.1 Å². The average Bonchev–Trinajstić information content (AvgIpc) is 2.53.